The molecule has 0 saturated carbocycles. The predicted octanol–water partition coefficient (Wildman–Crippen LogP) is 3.21. The van der Waals surface area contributed by atoms with E-state index in [0.29, 0.717) is 0 Å². The summed E-state index contributed by atoms with van der Waals surface area (Å²) in [6.45, 7) is 4.85. The maximum absolute atomic E-state index is 12.5. The van der Waals surface area contributed by atoms with Gasteiger partial charge in [0.15, 0.2) is 15.6 Å². The van der Waals surface area contributed by atoms with E-state index in [2.05, 4.69) is 0 Å². The molecule has 0 unspecified atom stereocenters. The third-order valence-electron chi connectivity index (χ3n) is 4.44. The average molecular weight is 453 g/mol. The minimum Gasteiger partial charge on any atom is -0.342 e. The van der Waals surface area contributed by atoms with Crippen LogP contribution in [0.2, 0.25) is 0 Å². The van der Waals surface area contributed by atoms with Gasteiger partial charge in [-0.2, -0.15) is 8.42 Å². The van der Waals surface area contributed by atoms with Crippen molar-refractivity contribution in [1.82, 2.24) is 0 Å². The lowest BCUT2D eigenvalue weighted by molar-refractivity contribution is -0.145. The van der Waals surface area contributed by atoms with Gasteiger partial charge in [-0.3, -0.25) is 4.18 Å². The molecule has 1 saturated heterocycles. The van der Waals surface area contributed by atoms with E-state index in [-0.39, 0.29) is 16.4 Å². The van der Waals surface area contributed by atoms with Crippen LogP contribution in [-0.4, -0.2) is 41.4 Å². The standard InChI is InChI=1S/C21H24O7S2/c1-16-9-11-18(12-10-16)30(24,25)26-15-20-19(27-21(2,3)28-20)13-14-29(22,23)17-7-5-4-6-8-17/h4-14,19-20H,15H2,1-3H3/b14-13+/t19-,20+/m0/s1. The van der Waals surface area contributed by atoms with Crippen LogP contribution >= 0.6 is 0 Å². The van der Waals surface area contributed by atoms with Gasteiger partial charge in [0, 0.05) is 5.41 Å². The summed E-state index contributed by atoms with van der Waals surface area (Å²) in [5, 5.41) is 1.04. The van der Waals surface area contributed by atoms with E-state index in [1.54, 1.807) is 44.2 Å². The first-order valence-corrected chi connectivity index (χ1v) is 12.2. The van der Waals surface area contributed by atoms with Crippen molar-refractivity contribution in [3.05, 3.63) is 71.6 Å². The van der Waals surface area contributed by atoms with E-state index >= 15 is 0 Å². The third-order valence-corrected chi connectivity index (χ3v) is 7.18. The van der Waals surface area contributed by atoms with Crippen LogP contribution in [0, 0.1) is 6.92 Å². The van der Waals surface area contributed by atoms with Gasteiger partial charge in [0.1, 0.15) is 12.2 Å². The number of rotatable bonds is 7. The van der Waals surface area contributed by atoms with Gasteiger partial charge in [0.2, 0.25) is 0 Å². The monoisotopic (exact) mass is 452 g/mol. The Bertz CT molecular complexity index is 1100. The van der Waals surface area contributed by atoms with E-state index in [9.17, 15) is 16.8 Å². The maximum Gasteiger partial charge on any atom is 0.297 e. The minimum atomic E-state index is -3.99. The fraction of sp³-hybridized carbons (Fsp3) is 0.333. The molecule has 0 radical (unpaired) electrons. The molecule has 2 atom stereocenters. The molecule has 7 nitrogen and oxygen atoms in total. The fourth-order valence-electron chi connectivity index (χ4n) is 2.95. The first kappa shape index (κ1) is 22.6. The summed E-state index contributed by atoms with van der Waals surface area (Å²) in [5.74, 6) is -1.02. The zero-order valence-corrected chi connectivity index (χ0v) is 18.5. The Morgan fingerprint density at radius 1 is 0.933 bits per heavy atom. The lowest BCUT2D eigenvalue weighted by Crippen LogP contribution is -2.28. The van der Waals surface area contributed by atoms with Gasteiger partial charge in [-0.1, -0.05) is 35.9 Å². The first-order chi connectivity index (χ1) is 14.0. The molecule has 0 aromatic heterocycles. The lowest BCUT2D eigenvalue weighted by Gasteiger charge is -2.16. The Morgan fingerprint density at radius 3 is 2.20 bits per heavy atom. The van der Waals surface area contributed by atoms with Crippen molar-refractivity contribution < 1.29 is 30.5 Å². The normalized spacial score (nSPS) is 21.8. The van der Waals surface area contributed by atoms with Crippen molar-refractivity contribution in [3.8, 4) is 0 Å². The summed E-state index contributed by atoms with van der Waals surface area (Å²) >= 11 is 0. The number of benzene rings is 2. The summed E-state index contributed by atoms with van der Waals surface area (Å²) in [5.41, 5.74) is 0.924. The first-order valence-electron chi connectivity index (χ1n) is 9.29. The highest BCUT2D eigenvalue weighted by molar-refractivity contribution is 7.94. The molecular formula is C21H24O7S2. The summed E-state index contributed by atoms with van der Waals surface area (Å²) < 4.78 is 66.4. The van der Waals surface area contributed by atoms with Crippen LogP contribution in [0.4, 0.5) is 0 Å². The molecule has 1 aliphatic rings. The zero-order chi connectivity index (χ0) is 22.0. The second-order valence-electron chi connectivity index (χ2n) is 7.38. The molecule has 1 fully saturated rings. The molecule has 0 N–H and O–H groups in total. The highest BCUT2D eigenvalue weighted by Gasteiger charge is 2.41. The van der Waals surface area contributed by atoms with E-state index in [1.807, 2.05) is 6.92 Å². The van der Waals surface area contributed by atoms with Crippen molar-refractivity contribution in [2.24, 2.45) is 0 Å². The molecule has 1 heterocycles. The highest BCUT2D eigenvalue weighted by Crippen LogP contribution is 2.30. The van der Waals surface area contributed by atoms with E-state index in [0.717, 1.165) is 11.0 Å². The summed E-state index contributed by atoms with van der Waals surface area (Å²) in [4.78, 5) is 0.180. The van der Waals surface area contributed by atoms with Crippen molar-refractivity contribution in [3.63, 3.8) is 0 Å². The van der Waals surface area contributed by atoms with Crippen LogP contribution in [0.25, 0.3) is 0 Å². The van der Waals surface area contributed by atoms with Gasteiger partial charge in [-0.15, -0.1) is 0 Å². The molecule has 0 aliphatic carbocycles. The second-order valence-corrected chi connectivity index (χ2v) is 10.8. The highest BCUT2D eigenvalue weighted by atomic mass is 32.2. The van der Waals surface area contributed by atoms with E-state index in [1.165, 1.54) is 30.3 Å². The summed E-state index contributed by atoms with van der Waals surface area (Å²) in [7, 11) is -7.66. The van der Waals surface area contributed by atoms with Gasteiger partial charge in [0.25, 0.3) is 10.1 Å². The van der Waals surface area contributed by atoms with Gasteiger partial charge < -0.3 is 9.47 Å². The maximum atomic E-state index is 12.5. The number of sulfone groups is 1. The third kappa shape index (κ3) is 5.55. The Labute approximate surface area is 177 Å². The molecule has 0 bridgehead atoms. The molecule has 162 valence electrons. The van der Waals surface area contributed by atoms with E-state index < -0.39 is 38.0 Å². The number of hydrogen-bond acceptors (Lipinski definition) is 7. The molecule has 0 amide bonds. The number of ether oxygens (including phenoxy) is 2. The van der Waals surface area contributed by atoms with Crippen molar-refractivity contribution >= 4 is 20.0 Å². The van der Waals surface area contributed by atoms with Gasteiger partial charge >= 0.3 is 0 Å². The molecule has 2 aromatic rings. The van der Waals surface area contributed by atoms with Crippen LogP contribution in [0.3, 0.4) is 0 Å². The molecule has 0 spiro atoms. The van der Waals surface area contributed by atoms with Gasteiger partial charge in [-0.25, -0.2) is 8.42 Å². The lowest BCUT2D eigenvalue weighted by atomic mass is 10.2. The summed E-state index contributed by atoms with van der Waals surface area (Å²) in [6.07, 6.45) is -0.252. The summed E-state index contributed by atoms with van der Waals surface area (Å²) in [6, 6.07) is 14.2. The Morgan fingerprint density at radius 2 is 1.57 bits per heavy atom. The molecule has 1 aliphatic heterocycles. The zero-order valence-electron chi connectivity index (χ0n) is 16.9. The number of aryl methyl sites for hydroxylation is 1. The van der Waals surface area contributed by atoms with Crippen LogP contribution in [0.5, 0.6) is 0 Å². The van der Waals surface area contributed by atoms with Crippen molar-refractivity contribution in [1.29, 1.82) is 0 Å². The molecule has 2 aromatic carbocycles. The molecule has 30 heavy (non-hydrogen) atoms. The quantitative estimate of drug-likeness (QED) is 0.595. The smallest absolute Gasteiger partial charge is 0.297 e. The van der Waals surface area contributed by atoms with Gasteiger partial charge in [-0.05, 0) is 51.1 Å². The second kappa shape index (κ2) is 8.60. The Hall–Kier alpha value is -2.04. The molecular weight excluding hydrogens is 428 g/mol. The Balaban J connectivity index is 1.74. The van der Waals surface area contributed by atoms with Crippen LogP contribution < -0.4 is 0 Å². The van der Waals surface area contributed by atoms with Crippen molar-refractivity contribution in [2.75, 3.05) is 6.61 Å². The van der Waals surface area contributed by atoms with E-state index in [4.69, 9.17) is 13.7 Å². The minimum absolute atomic E-state index is 0.0324. The molecule has 3 rings (SSSR count). The van der Waals surface area contributed by atoms with Gasteiger partial charge in [0.05, 0.1) is 16.4 Å². The molecule has 9 heteroatoms. The SMILES string of the molecule is Cc1ccc(S(=O)(=O)OC[C@H]2OC(C)(C)O[C@H]2/C=C/S(=O)(=O)c2ccccc2)cc1. The predicted molar refractivity (Wildman–Crippen MR) is 111 cm³/mol. The fourth-order valence-corrected chi connectivity index (χ4v) is 4.93. The Kier molecular flexibility index (Phi) is 6.49. The largest absolute Gasteiger partial charge is 0.342 e. The van der Waals surface area contributed by atoms with Crippen LogP contribution in [0.1, 0.15) is 19.4 Å². The average Bonchev–Trinajstić information content (AvgIpc) is 3.00. The van der Waals surface area contributed by atoms with Crippen molar-refractivity contribution in [2.45, 2.75) is 48.6 Å². The van der Waals surface area contributed by atoms with Crippen LogP contribution in [0.15, 0.2) is 75.9 Å². The van der Waals surface area contributed by atoms with Crippen LogP contribution in [-0.2, 0) is 33.6 Å². The topological polar surface area (TPSA) is 96.0 Å². The number of hydrogen-bond donors (Lipinski definition) is 0.